The van der Waals surface area contributed by atoms with Crippen molar-refractivity contribution in [1.82, 2.24) is 19.4 Å². The van der Waals surface area contributed by atoms with Crippen molar-refractivity contribution in [3.05, 3.63) is 46.8 Å². The largest absolute Gasteiger partial charge is 0.388 e. The summed E-state index contributed by atoms with van der Waals surface area (Å²) in [5.41, 5.74) is 3.60. The summed E-state index contributed by atoms with van der Waals surface area (Å²) in [6.45, 7) is 2.61. The van der Waals surface area contributed by atoms with E-state index in [0.29, 0.717) is 25.1 Å². The first-order valence-corrected chi connectivity index (χ1v) is 10.3. The Morgan fingerprint density at radius 2 is 2.15 bits per heavy atom. The number of rotatable bonds is 3. The minimum Gasteiger partial charge on any atom is -0.388 e. The molecule has 2 aliphatic rings. The van der Waals surface area contributed by atoms with E-state index >= 15 is 0 Å². The smallest absolute Gasteiger partial charge is 0.273 e. The molecule has 1 N–H and O–H groups in total. The highest BCUT2D eigenvalue weighted by Gasteiger charge is 2.49. The van der Waals surface area contributed by atoms with Crippen LogP contribution in [-0.2, 0) is 6.54 Å². The monoisotopic (exact) mass is 382 g/mol. The number of fused-ring (bicyclic) bond motifs is 3. The van der Waals surface area contributed by atoms with Gasteiger partial charge in [0.25, 0.3) is 5.91 Å². The van der Waals surface area contributed by atoms with Crippen LogP contribution in [0.25, 0.3) is 10.9 Å². The van der Waals surface area contributed by atoms with Crippen LogP contribution in [0, 0.1) is 6.92 Å². The highest BCUT2D eigenvalue weighted by atomic mass is 32.1. The van der Waals surface area contributed by atoms with Crippen LogP contribution in [0.1, 0.15) is 41.9 Å². The van der Waals surface area contributed by atoms with Gasteiger partial charge in [0.15, 0.2) is 0 Å². The van der Waals surface area contributed by atoms with Gasteiger partial charge in [0.2, 0.25) is 0 Å². The van der Waals surface area contributed by atoms with Crippen molar-refractivity contribution in [2.24, 2.45) is 0 Å². The van der Waals surface area contributed by atoms with Crippen molar-refractivity contribution < 1.29 is 9.90 Å². The van der Waals surface area contributed by atoms with Crippen molar-refractivity contribution in [1.29, 1.82) is 0 Å². The molecule has 3 aromatic rings. The predicted molar refractivity (Wildman–Crippen MR) is 104 cm³/mol. The van der Waals surface area contributed by atoms with Crippen molar-refractivity contribution in [2.45, 2.75) is 56.8 Å². The van der Waals surface area contributed by atoms with Crippen LogP contribution in [0.15, 0.2) is 35.4 Å². The second-order valence-corrected chi connectivity index (χ2v) is 8.63. The van der Waals surface area contributed by atoms with Gasteiger partial charge in [-0.3, -0.25) is 9.78 Å². The number of carbonyl (C=O) groups excluding carboxylic acids is 1. The Morgan fingerprint density at radius 1 is 1.37 bits per heavy atom. The minimum atomic E-state index is -0.808. The van der Waals surface area contributed by atoms with E-state index in [4.69, 9.17) is 0 Å². The van der Waals surface area contributed by atoms with E-state index in [1.54, 1.807) is 11.7 Å². The lowest BCUT2D eigenvalue weighted by Crippen LogP contribution is -2.54. The molecule has 2 fully saturated rings. The number of pyridine rings is 1. The molecule has 27 heavy (non-hydrogen) atoms. The Morgan fingerprint density at radius 3 is 2.85 bits per heavy atom. The number of aryl methyl sites for hydroxylation is 1. The van der Waals surface area contributed by atoms with Gasteiger partial charge in [0.1, 0.15) is 5.69 Å². The Hall–Kier alpha value is -2.25. The van der Waals surface area contributed by atoms with Gasteiger partial charge in [0.05, 0.1) is 29.4 Å². The molecule has 5 heterocycles. The summed E-state index contributed by atoms with van der Waals surface area (Å²) in [6, 6.07) is 4.31. The maximum atomic E-state index is 12.9. The average Bonchev–Trinajstić information content (AvgIpc) is 3.34. The molecule has 0 radical (unpaired) electrons. The first kappa shape index (κ1) is 16.9. The molecule has 2 bridgehead atoms. The molecule has 0 saturated carbocycles. The SMILES string of the molecule is Cc1cc2ccncc2n1CC1(O)CC2CCC(C1)N2C(=O)c1cscn1. The second kappa shape index (κ2) is 6.14. The van der Waals surface area contributed by atoms with Gasteiger partial charge in [0, 0.05) is 34.7 Å². The standard InChI is InChI=1S/C20H22N4O2S/c1-13-6-14-4-5-21-9-18(14)23(13)11-20(26)7-15-2-3-16(8-20)24(15)19(25)17-10-27-12-22-17/h4-6,9-10,12,15-16,26H,2-3,7-8,11H2,1H3. The predicted octanol–water partition coefficient (Wildman–Crippen LogP) is 3.00. The van der Waals surface area contributed by atoms with Crippen LogP contribution in [0.2, 0.25) is 0 Å². The zero-order valence-electron chi connectivity index (χ0n) is 15.2. The number of aromatic nitrogens is 3. The normalized spacial score (nSPS) is 27.4. The molecule has 2 saturated heterocycles. The zero-order valence-corrected chi connectivity index (χ0v) is 16.0. The lowest BCUT2D eigenvalue weighted by Gasteiger charge is -2.44. The summed E-state index contributed by atoms with van der Waals surface area (Å²) in [7, 11) is 0. The topological polar surface area (TPSA) is 71.2 Å². The number of hydrogen-bond acceptors (Lipinski definition) is 5. The molecular weight excluding hydrogens is 360 g/mol. The fraction of sp³-hybridized carbons (Fsp3) is 0.450. The summed E-state index contributed by atoms with van der Waals surface area (Å²) in [5, 5.41) is 14.4. The summed E-state index contributed by atoms with van der Waals surface area (Å²) in [4.78, 5) is 23.3. The third kappa shape index (κ3) is 2.76. The van der Waals surface area contributed by atoms with E-state index in [9.17, 15) is 9.90 Å². The third-order valence-corrected chi connectivity index (χ3v) is 6.69. The third-order valence-electron chi connectivity index (χ3n) is 6.10. The van der Waals surface area contributed by atoms with E-state index in [-0.39, 0.29) is 18.0 Å². The molecule has 0 aromatic carbocycles. The molecule has 1 amide bonds. The quantitative estimate of drug-likeness (QED) is 0.756. The van der Waals surface area contributed by atoms with Crippen molar-refractivity contribution >= 4 is 28.1 Å². The maximum absolute atomic E-state index is 12.9. The first-order valence-electron chi connectivity index (χ1n) is 9.37. The van der Waals surface area contributed by atoms with Gasteiger partial charge < -0.3 is 14.6 Å². The van der Waals surface area contributed by atoms with Crippen molar-refractivity contribution in [3.63, 3.8) is 0 Å². The fourth-order valence-corrected chi connectivity index (χ4v) is 5.50. The number of carbonyl (C=O) groups is 1. The molecule has 0 aliphatic carbocycles. The van der Waals surface area contributed by atoms with Gasteiger partial charge in [-0.2, -0.15) is 0 Å². The molecule has 2 atom stereocenters. The second-order valence-electron chi connectivity index (χ2n) is 7.91. The van der Waals surface area contributed by atoms with Crippen LogP contribution in [0.4, 0.5) is 0 Å². The molecule has 0 spiro atoms. The molecule has 2 unspecified atom stereocenters. The molecule has 6 nitrogen and oxygen atoms in total. The van der Waals surface area contributed by atoms with E-state index in [1.165, 1.54) is 11.3 Å². The fourth-order valence-electron chi connectivity index (χ4n) is 4.98. The highest BCUT2D eigenvalue weighted by molar-refractivity contribution is 7.07. The highest BCUT2D eigenvalue weighted by Crippen LogP contribution is 2.42. The van der Waals surface area contributed by atoms with Gasteiger partial charge in [-0.15, -0.1) is 11.3 Å². The Balaban J connectivity index is 1.41. The van der Waals surface area contributed by atoms with Crippen LogP contribution in [0.3, 0.4) is 0 Å². The molecule has 3 aromatic heterocycles. The van der Waals surface area contributed by atoms with Crippen LogP contribution in [0.5, 0.6) is 0 Å². The molecule has 5 rings (SSSR count). The van der Waals surface area contributed by atoms with Crippen molar-refractivity contribution in [2.75, 3.05) is 0 Å². The molecule has 2 aliphatic heterocycles. The first-order chi connectivity index (χ1) is 13.0. The minimum absolute atomic E-state index is 0.0117. The van der Waals surface area contributed by atoms with Crippen LogP contribution in [-0.4, -0.2) is 48.1 Å². The lowest BCUT2D eigenvalue weighted by atomic mass is 9.85. The van der Waals surface area contributed by atoms with E-state index in [0.717, 1.165) is 29.4 Å². The molecule has 140 valence electrons. The van der Waals surface area contributed by atoms with E-state index in [2.05, 4.69) is 27.5 Å². The summed E-state index contributed by atoms with van der Waals surface area (Å²) in [6.07, 6.45) is 6.79. The number of amides is 1. The number of hydrogen-bond donors (Lipinski definition) is 1. The van der Waals surface area contributed by atoms with Gasteiger partial charge in [-0.1, -0.05) is 0 Å². The molecule has 7 heteroatoms. The average molecular weight is 382 g/mol. The Bertz CT molecular complexity index is 983. The Kier molecular flexibility index (Phi) is 3.84. The van der Waals surface area contributed by atoms with E-state index in [1.807, 2.05) is 22.5 Å². The number of thiazole rings is 1. The maximum Gasteiger partial charge on any atom is 0.273 e. The number of aliphatic hydroxyl groups is 1. The Labute approximate surface area is 161 Å². The number of nitrogens with zero attached hydrogens (tertiary/aromatic N) is 4. The summed E-state index contributed by atoms with van der Waals surface area (Å²) >= 11 is 1.44. The van der Waals surface area contributed by atoms with E-state index < -0.39 is 5.60 Å². The van der Waals surface area contributed by atoms with Gasteiger partial charge in [-0.25, -0.2) is 4.98 Å². The summed E-state index contributed by atoms with van der Waals surface area (Å²) < 4.78 is 2.17. The van der Waals surface area contributed by atoms with Crippen molar-refractivity contribution in [3.8, 4) is 0 Å². The molecular formula is C20H22N4O2S. The van der Waals surface area contributed by atoms with Gasteiger partial charge >= 0.3 is 0 Å². The summed E-state index contributed by atoms with van der Waals surface area (Å²) in [5.74, 6) is 0.0117. The zero-order chi connectivity index (χ0) is 18.6. The number of piperidine rings is 1. The van der Waals surface area contributed by atoms with Crippen LogP contribution < -0.4 is 0 Å². The van der Waals surface area contributed by atoms with Gasteiger partial charge in [-0.05, 0) is 44.7 Å². The van der Waals surface area contributed by atoms with Crippen LogP contribution >= 0.6 is 11.3 Å². The lowest BCUT2D eigenvalue weighted by molar-refractivity contribution is -0.0537.